The van der Waals surface area contributed by atoms with Gasteiger partial charge >= 0.3 is 0 Å². The average Bonchev–Trinajstić information content (AvgIpc) is 2.30. The van der Waals surface area contributed by atoms with Crippen molar-refractivity contribution in [2.24, 2.45) is 5.73 Å². The zero-order valence-corrected chi connectivity index (χ0v) is 11.5. The van der Waals surface area contributed by atoms with Gasteiger partial charge in [0.1, 0.15) is 0 Å². The molecule has 0 spiro atoms. The van der Waals surface area contributed by atoms with Crippen LogP contribution in [0, 0.1) is 0 Å². The molecule has 0 bridgehead atoms. The third-order valence-electron chi connectivity index (χ3n) is 3.28. The third-order valence-corrected chi connectivity index (χ3v) is 3.77. The fourth-order valence-corrected chi connectivity index (χ4v) is 2.59. The zero-order chi connectivity index (χ0) is 10.7. The minimum absolute atomic E-state index is 0. The molecule has 2 nitrogen and oxygen atoms in total. The first-order valence-corrected chi connectivity index (χ1v) is 6.10. The van der Waals surface area contributed by atoms with Crippen LogP contribution in [0.1, 0.15) is 18.4 Å². The van der Waals surface area contributed by atoms with Crippen LogP contribution in [-0.4, -0.2) is 19.8 Å². The van der Waals surface area contributed by atoms with E-state index in [9.17, 15) is 0 Å². The van der Waals surface area contributed by atoms with E-state index >= 15 is 0 Å². The summed E-state index contributed by atoms with van der Waals surface area (Å²) >= 11 is 3.51. The van der Waals surface area contributed by atoms with Crippen molar-refractivity contribution in [3.63, 3.8) is 0 Å². The molecule has 1 aromatic carbocycles. The van der Waals surface area contributed by atoms with Crippen LogP contribution in [0.15, 0.2) is 28.7 Å². The van der Waals surface area contributed by atoms with Gasteiger partial charge in [0.15, 0.2) is 0 Å². The van der Waals surface area contributed by atoms with Gasteiger partial charge in [-0.2, -0.15) is 0 Å². The van der Waals surface area contributed by atoms with E-state index < -0.39 is 0 Å². The summed E-state index contributed by atoms with van der Waals surface area (Å²) in [5, 5.41) is 0. The van der Waals surface area contributed by atoms with Gasteiger partial charge in [0, 0.05) is 29.6 Å². The van der Waals surface area contributed by atoms with E-state index in [1.165, 1.54) is 5.56 Å². The Morgan fingerprint density at radius 1 is 1.31 bits per heavy atom. The standard InChI is InChI=1S/C12H16BrNO.ClH/c13-11-3-1-2-10(8-11)12(9-14)4-6-15-7-5-12;/h1-3,8H,4-7,9,14H2;1H. The van der Waals surface area contributed by atoms with Gasteiger partial charge in [-0.05, 0) is 30.5 Å². The molecule has 2 rings (SSSR count). The van der Waals surface area contributed by atoms with Crippen molar-refractivity contribution in [2.45, 2.75) is 18.3 Å². The first kappa shape index (κ1) is 14.0. The fourth-order valence-electron chi connectivity index (χ4n) is 2.19. The number of rotatable bonds is 2. The summed E-state index contributed by atoms with van der Waals surface area (Å²) in [4.78, 5) is 0. The molecule has 2 N–H and O–H groups in total. The Bertz CT molecular complexity index is 340. The molecular formula is C12H17BrClNO. The summed E-state index contributed by atoms with van der Waals surface area (Å²) in [6.45, 7) is 2.35. The Kier molecular flexibility index (Phi) is 5.25. The lowest BCUT2D eigenvalue weighted by atomic mass is 9.74. The molecule has 1 heterocycles. The largest absolute Gasteiger partial charge is 0.381 e. The molecule has 1 saturated heterocycles. The lowest BCUT2D eigenvalue weighted by Crippen LogP contribution is -2.40. The van der Waals surface area contributed by atoms with Gasteiger partial charge in [-0.1, -0.05) is 28.1 Å². The van der Waals surface area contributed by atoms with E-state index in [-0.39, 0.29) is 17.8 Å². The van der Waals surface area contributed by atoms with Gasteiger partial charge in [0.25, 0.3) is 0 Å². The highest BCUT2D eigenvalue weighted by Crippen LogP contribution is 2.34. The Hall–Kier alpha value is -0.0900. The third kappa shape index (κ3) is 2.77. The van der Waals surface area contributed by atoms with Gasteiger partial charge in [-0.15, -0.1) is 12.4 Å². The molecule has 1 aliphatic rings. The maximum absolute atomic E-state index is 5.95. The summed E-state index contributed by atoms with van der Waals surface area (Å²) < 4.78 is 6.54. The van der Waals surface area contributed by atoms with Gasteiger partial charge in [-0.3, -0.25) is 0 Å². The van der Waals surface area contributed by atoms with Crippen LogP contribution in [0.2, 0.25) is 0 Å². The Balaban J connectivity index is 0.00000128. The van der Waals surface area contributed by atoms with E-state index in [0.717, 1.165) is 30.5 Å². The molecule has 0 radical (unpaired) electrons. The summed E-state index contributed by atoms with van der Waals surface area (Å²) in [6, 6.07) is 8.47. The Labute approximate surface area is 111 Å². The maximum atomic E-state index is 5.95. The van der Waals surface area contributed by atoms with Gasteiger partial charge < -0.3 is 10.5 Å². The maximum Gasteiger partial charge on any atom is 0.0475 e. The summed E-state index contributed by atoms with van der Waals surface area (Å²) in [5.41, 5.74) is 7.41. The van der Waals surface area contributed by atoms with Crippen molar-refractivity contribution >= 4 is 28.3 Å². The lowest BCUT2D eigenvalue weighted by molar-refractivity contribution is 0.0529. The number of hydrogen-bond donors (Lipinski definition) is 1. The second-order valence-corrected chi connectivity index (χ2v) is 5.02. The second kappa shape index (κ2) is 6.01. The van der Waals surface area contributed by atoms with Gasteiger partial charge in [-0.25, -0.2) is 0 Å². The fraction of sp³-hybridized carbons (Fsp3) is 0.500. The molecule has 0 unspecified atom stereocenters. The summed E-state index contributed by atoms with van der Waals surface area (Å²) in [6.07, 6.45) is 2.06. The smallest absolute Gasteiger partial charge is 0.0475 e. The molecule has 0 saturated carbocycles. The minimum Gasteiger partial charge on any atom is -0.381 e. The first-order chi connectivity index (χ1) is 7.27. The molecule has 0 aromatic heterocycles. The van der Waals surface area contributed by atoms with Gasteiger partial charge in [0.2, 0.25) is 0 Å². The van der Waals surface area contributed by atoms with Crippen molar-refractivity contribution < 1.29 is 4.74 Å². The molecule has 0 aliphatic carbocycles. The number of ether oxygens (including phenoxy) is 1. The van der Waals surface area contributed by atoms with Crippen LogP contribution in [0.3, 0.4) is 0 Å². The van der Waals surface area contributed by atoms with Crippen molar-refractivity contribution in [2.75, 3.05) is 19.8 Å². The van der Waals surface area contributed by atoms with Crippen LogP contribution in [0.25, 0.3) is 0 Å². The molecule has 1 aromatic rings. The van der Waals surface area contributed by atoms with Crippen LogP contribution in [0.5, 0.6) is 0 Å². The van der Waals surface area contributed by atoms with Crippen molar-refractivity contribution in [3.8, 4) is 0 Å². The highest BCUT2D eigenvalue weighted by atomic mass is 79.9. The van der Waals surface area contributed by atoms with Gasteiger partial charge in [0.05, 0.1) is 0 Å². The first-order valence-electron chi connectivity index (χ1n) is 5.31. The second-order valence-electron chi connectivity index (χ2n) is 4.11. The molecule has 16 heavy (non-hydrogen) atoms. The summed E-state index contributed by atoms with van der Waals surface area (Å²) in [5.74, 6) is 0. The normalized spacial score (nSPS) is 18.9. The van der Waals surface area contributed by atoms with E-state index in [4.69, 9.17) is 10.5 Å². The van der Waals surface area contributed by atoms with E-state index in [0.29, 0.717) is 6.54 Å². The summed E-state index contributed by atoms with van der Waals surface area (Å²) in [7, 11) is 0. The van der Waals surface area contributed by atoms with Crippen molar-refractivity contribution in [3.05, 3.63) is 34.3 Å². The molecule has 0 amide bonds. The number of benzene rings is 1. The van der Waals surface area contributed by atoms with E-state index in [1.807, 2.05) is 6.07 Å². The monoisotopic (exact) mass is 305 g/mol. The SMILES string of the molecule is Cl.NCC1(c2cccc(Br)c2)CCOCC1. The van der Waals surface area contributed by atoms with Crippen LogP contribution >= 0.6 is 28.3 Å². The topological polar surface area (TPSA) is 35.2 Å². The average molecular weight is 307 g/mol. The van der Waals surface area contributed by atoms with Crippen molar-refractivity contribution in [1.82, 2.24) is 0 Å². The Morgan fingerprint density at radius 2 is 2.00 bits per heavy atom. The molecule has 4 heteroatoms. The zero-order valence-electron chi connectivity index (χ0n) is 9.12. The highest BCUT2D eigenvalue weighted by molar-refractivity contribution is 9.10. The quantitative estimate of drug-likeness (QED) is 0.912. The molecule has 0 atom stereocenters. The molecular weight excluding hydrogens is 289 g/mol. The number of halogens is 2. The van der Waals surface area contributed by atoms with Crippen molar-refractivity contribution in [1.29, 1.82) is 0 Å². The molecule has 1 fully saturated rings. The van der Waals surface area contributed by atoms with Crippen LogP contribution < -0.4 is 5.73 Å². The number of nitrogens with two attached hydrogens (primary N) is 1. The predicted molar refractivity (Wildman–Crippen MR) is 72.2 cm³/mol. The minimum atomic E-state index is 0. The van der Waals surface area contributed by atoms with Crippen LogP contribution in [0.4, 0.5) is 0 Å². The predicted octanol–water partition coefficient (Wildman–Crippen LogP) is 2.88. The van der Waals surface area contributed by atoms with Crippen LogP contribution in [-0.2, 0) is 10.2 Å². The van der Waals surface area contributed by atoms with E-state index in [2.05, 4.69) is 34.1 Å². The molecule has 90 valence electrons. The number of hydrogen-bond acceptors (Lipinski definition) is 2. The highest BCUT2D eigenvalue weighted by Gasteiger charge is 2.32. The van der Waals surface area contributed by atoms with E-state index in [1.54, 1.807) is 0 Å². The lowest BCUT2D eigenvalue weighted by Gasteiger charge is -2.36. The Morgan fingerprint density at radius 3 is 2.56 bits per heavy atom. The molecule has 1 aliphatic heterocycles.